The molecule has 164 valence electrons. The molecule has 0 amide bonds. The molecule has 0 bridgehead atoms. The van der Waals surface area contributed by atoms with E-state index in [4.69, 9.17) is 0 Å². The number of halogens is 3. The molecule has 1 saturated heterocycles. The van der Waals surface area contributed by atoms with E-state index in [0.717, 1.165) is 42.7 Å². The highest BCUT2D eigenvalue weighted by atomic mass is 19.4. The van der Waals surface area contributed by atoms with E-state index >= 15 is 0 Å². The standard InChI is InChI=1S/C23H20F3N5O/c24-23(25,26)17-3-5-20(28-13-17)15-7-9-30(22(32)11-15)19-4-6-21-16(10-19)12-29-31(21)14-18-2-1-8-27-18/h3-7,9-13,18,27H,1-2,8,14H2/t18-/m0/s1. The second-order valence-electron chi connectivity index (χ2n) is 7.92. The molecule has 0 spiro atoms. The Bertz CT molecular complexity index is 1320. The minimum atomic E-state index is -4.45. The third kappa shape index (κ3) is 3.91. The molecule has 6 nitrogen and oxygen atoms in total. The van der Waals surface area contributed by atoms with Crippen LogP contribution in [0.3, 0.4) is 0 Å². The summed E-state index contributed by atoms with van der Waals surface area (Å²) < 4.78 is 41.7. The number of hydrogen-bond donors (Lipinski definition) is 1. The minimum Gasteiger partial charge on any atom is -0.312 e. The van der Waals surface area contributed by atoms with Crippen molar-refractivity contribution in [2.75, 3.05) is 6.54 Å². The fraction of sp³-hybridized carbons (Fsp3) is 0.261. The molecule has 32 heavy (non-hydrogen) atoms. The first-order chi connectivity index (χ1) is 15.4. The molecular formula is C23H20F3N5O. The zero-order valence-electron chi connectivity index (χ0n) is 17.0. The molecular weight excluding hydrogens is 419 g/mol. The minimum absolute atomic E-state index is 0.300. The number of hydrogen-bond acceptors (Lipinski definition) is 4. The van der Waals surface area contributed by atoms with Crippen molar-refractivity contribution in [3.8, 4) is 16.9 Å². The first-order valence-corrected chi connectivity index (χ1v) is 10.3. The van der Waals surface area contributed by atoms with Crippen LogP contribution in [0, 0.1) is 0 Å². The van der Waals surface area contributed by atoms with Crippen LogP contribution in [0.1, 0.15) is 18.4 Å². The summed E-state index contributed by atoms with van der Waals surface area (Å²) in [5.74, 6) is 0. The van der Waals surface area contributed by atoms with Gasteiger partial charge in [0.25, 0.3) is 5.56 Å². The van der Waals surface area contributed by atoms with Crippen LogP contribution in [0.4, 0.5) is 13.2 Å². The zero-order chi connectivity index (χ0) is 22.3. The lowest BCUT2D eigenvalue weighted by Crippen LogP contribution is -2.27. The van der Waals surface area contributed by atoms with Crippen molar-refractivity contribution in [3.63, 3.8) is 0 Å². The van der Waals surface area contributed by atoms with Gasteiger partial charge in [0, 0.05) is 41.1 Å². The van der Waals surface area contributed by atoms with E-state index in [0.29, 0.717) is 23.0 Å². The van der Waals surface area contributed by atoms with Gasteiger partial charge in [-0.1, -0.05) is 0 Å². The maximum Gasteiger partial charge on any atom is 0.417 e. The normalized spacial score (nSPS) is 16.7. The quantitative estimate of drug-likeness (QED) is 0.522. The molecule has 0 aliphatic carbocycles. The number of rotatable bonds is 4. The Morgan fingerprint density at radius 3 is 2.66 bits per heavy atom. The van der Waals surface area contributed by atoms with Crippen LogP contribution in [-0.4, -0.2) is 31.9 Å². The van der Waals surface area contributed by atoms with Gasteiger partial charge in [0.2, 0.25) is 0 Å². The maximum absolute atomic E-state index is 12.7. The van der Waals surface area contributed by atoms with Crippen molar-refractivity contribution in [1.29, 1.82) is 0 Å². The van der Waals surface area contributed by atoms with Crippen LogP contribution in [0.5, 0.6) is 0 Å². The van der Waals surface area contributed by atoms with Gasteiger partial charge < -0.3 is 5.32 Å². The number of benzene rings is 1. The summed E-state index contributed by atoms with van der Waals surface area (Å²) in [6.45, 7) is 1.84. The van der Waals surface area contributed by atoms with Crippen molar-refractivity contribution in [3.05, 3.63) is 77.0 Å². The number of fused-ring (bicyclic) bond motifs is 1. The van der Waals surface area contributed by atoms with E-state index in [-0.39, 0.29) is 5.56 Å². The number of aromatic nitrogens is 4. The van der Waals surface area contributed by atoms with Gasteiger partial charge in [0.1, 0.15) is 0 Å². The van der Waals surface area contributed by atoms with Gasteiger partial charge in [-0.25, -0.2) is 0 Å². The van der Waals surface area contributed by atoms with Gasteiger partial charge in [-0.05, 0) is 55.8 Å². The van der Waals surface area contributed by atoms with Crippen molar-refractivity contribution in [2.45, 2.75) is 31.6 Å². The third-order valence-corrected chi connectivity index (χ3v) is 5.77. The second kappa shape index (κ2) is 7.90. The Balaban J connectivity index is 1.42. The molecule has 1 aliphatic heterocycles. The van der Waals surface area contributed by atoms with Gasteiger partial charge in [0.15, 0.2) is 0 Å². The van der Waals surface area contributed by atoms with Gasteiger partial charge >= 0.3 is 6.18 Å². The third-order valence-electron chi connectivity index (χ3n) is 5.77. The van der Waals surface area contributed by atoms with Gasteiger partial charge in [-0.2, -0.15) is 18.3 Å². The van der Waals surface area contributed by atoms with Crippen LogP contribution in [0.2, 0.25) is 0 Å². The van der Waals surface area contributed by atoms with Crippen LogP contribution in [0.25, 0.3) is 27.8 Å². The lowest BCUT2D eigenvalue weighted by molar-refractivity contribution is -0.137. The summed E-state index contributed by atoms with van der Waals surface area (Å²) in [6.07, 6.45) is 2.02. The summed E-state index contributed by atoms with van der Waals surface area (Å²) >= 11 is 0. The smallest absolute Gasteiger partial charge is 0.312 e. The lowest BCUT2D eigenvalue weighted by Gasteiger charge is -2.12. The lowest BCUT2D eigenvalue weighted by atomic mass is 10.1. The Morgan fingerprint density at radius 2 is 1.97 bits per heavy atom. The van der Waals surface area contributed by atoms with Crippen molar-refractivity contribution < 1.29 is 13.2 Å². The Kier molecular flexibility index (Phi) is 5.05. The summed E-state index contributed by atoms with van der Waals surface area (Å²) in [6, 6.07) is 11.4. The molecule has 3 aromatic heterocycles. The first-order valence-electron chi connectivity index (χ1n) is 10.3. The van der Waals surface area contributed by atoms with E-state index < -0.39 is 11.7 Å². The van der Waals surface area contributed by atoms with E-state index in [1.54, 1.807) is 18.5 Å². The predicted octanol–water partition coefficient (Wildman–Crippen LogP) is 4.02. The van der Waals surface area contributed by atoms with Crippen LogP contribution in [0.15, 0.2) is 65.8 Å². The van der Waals surface area contributed by atoms with Gasteiger partial charge in [-0.15, -0.1) is 0 Å². The SMILES string of the molecule is O=c1cc(-c2ccc(C(F)(F)F)cn2)ccn1-c1ccc2c(cnn2C[C@@H]2CCCN2)c1. The molecule has 4 heterocycles. The van der Waals surface area contributed by atoms with E-state index in [1.165, 1.54) is 23.1 Å². The highest BCUT2D eigenvalue weighted by molar-refractivity contribution is 5.81. The fourth-order valence-corrected chi connectivity index (χ4v) is 4.08. The molecule has 0 saturated carbocycles. The molecule has 0 radical (unpaired) electrons. The number of nitrogens with one attached hydrogen (secondary N) is 1. The first kappa shape index (κ1) is 20.4. The van der Waals surface area contributed by atoms with Gasteiger partial charge in [0.05, 0.1) is 29.5 Å². The monoisotopic (exact) mass is 439 g/mol. The predicted molar refractivity (Wildman–Crippen MR) is 115 cm³/mol. The van der Waals surface area contributed by atoms with E-state index in [1.807, 2.05) is 22.9 Å². The van der Waals surface area contributed by atoms with Gasteiger partial charge in [-0.3, -0.25) is 19.0 Å². The topological polar surface area (TPSA) is 64.7 Å². The Morgan fingerprint density at radius 1 is 1.09 bits per heavy atom. The average molecular weight is 439 g/mol. The van der Waals surface area contributed by atoms with Crippen LogP contribution < -0.4 is 10.9 Å². The molecule has 9 heteroatoms. The largest absolute Gasteiger partial charge is 0.417 e. The molecule has 1 N–H and O–H groups in total. The zero-order valence-corrected chi connectivity index (χ0v) is 17.0. The summed E-state index contributed by atoms with van der Waals surface area (Å²) in [5, 5.41) is 8.89. The van der Waals surface area contributed by atoms with Crippen LogP contribution in [-0.2, 0) is 12.7 Å². The van der Waals surface area contributed by atoms with Crippen LogP contribution >= 0.6 is 0 Å². The second-order valence-corrected chi connectivity index (χ2v) is 7.92. The molecule has 0 unspecified atom stereocenters. The highest BCUT2D eigenvalue weighted by Gasteiger charge is 2.30. The van der Waals surface area contributed by atoms with Crippen molar-refractivity contribution >= 4 is 10.9 Å². The number of alkyl halides is 3. The van der Waals surface area contributed by atoms with Crippen molar-refractivity contribution in [2.24, 2.45) is 0 Å². The number of nitrogens with zero attached hydrogens (tertiary/aromatic N) is 4. The highest BCUT2D eigenvalue weighted by Crippen LogP contribution is 2.29. The van der Waals surface area contributed by atoms with E-state index in [2.05, 4.69) is 15.4 Å². The number of pyridine rings is 2. The molecule has 1 aliphatic rings. The maximum atomic E-state index is 12.7. The summed E-state index contributed by atoms with van der Waals surface area (Å²) in [4.78, 5) is 16.6. The summed E-state index contributed by atoms with van der Waals surface area (Å²) in [5.41, 5.74) is 1.32. The van der Waals surface area contributed by atoms with E-state index in [9.17, 15) is 18.0 Å². The molecule has 4 aromatic rings. The Hall–Kier alpha value is -3.46. The van der Waals surface area contributed by atoms with Crippen molar-refractivity contribution in [1.82, 2.24) is 24.6 Å². The molecule has 1 fully saturated rings. The summed E-state index contributed by atoms with van der Waals surface area (Å²) in [7, 11) is 0. The fourth-order valence-electron chi connectivity index (χ4n) is 4.08. The molecule has 1 atom stereocenters. The Labute approximate surface area is 181 Å². The molecule has 5 rings (SSSR count). The molecule has 1 aromatic carbocycles. The average Bonchev–Trinajstić information content (AvgIpc) is 3.43.